The Morgan fingerprint density at radius 1 is 1.40 bits per heavy atom. The maximum atomic E-state index is 11.7. The number of methoxy groups -OCH3 is 1. The van der Waals surface area contributed by atoms with Crippen LogP contribution in [0.2, 0.25) is 0 Å². The molecule has 7 heteroatoms. The number of ether oxygens (including phenoxy) is 2. The molecule has 1 saturated heterocycles. The summed E-state index contributed by atoms with van der Waals surface area (Å²) in [5, 5.41) is 5.98. The van der Waals surface area contributed by atoms with Crippen molar-refractivity contribution in [1.82, 2.24) is 10.6 Å². The molecule has 1 unspecified atom stereocenters. The van der Waals surface area contributed by atoms with Crippen LogP contribution in [0.5, 0.6) is 11.5 Å². The number of carbonyl (C=O) groups excluding carboxylic acids is 1. The van der Waals surface area contributed by atoms with E-state index in [4.69, 9.17) is 9.47 Å². The van der Waals surface area contributed by atoms with Crippen LogP contribution in [0, 0.1) is 0 Å². The predicted molar refractivity (Wildman–Crippen MR) is 83.0 cm³/mol. The number of nitrogens with one attached hydrogen (secondary N) is 2. The molecule has 0 bridgehead atoms. The highest BCUT2D eigenvalue weighted by Crippen LogP contribution is 2.16. The summed E-state index contributed by atoms with van der Waals surface area (Å²) in [6, 6.07) is 7.30. The number of thioether (sulfide) groups is 1. The van der Waals surface area contributed by atoms with Gasteiger partial charge in [0.25, 0.3) is 0 Å². The smallest absolute Gasteiger partial charge is 0.238 e. The third-order valence-electron chi connectivity index (χ3n) is 2.76. The summed E-state index contributed by atoms with van der Waals surface area (Å²) < 4.78 is 10.6. The molecule has 0 aliphatic carbocycles. The molecule has 0 aromatic heterocycles. The van der Waals surface area contributed by atoms with Gasteiger partial charge in [-0.05, 0) is 24.3 Å². The first-order valence-electron chi connectivity index (χ1n) is 6.15. The van der Waals surface area contributed by atoms with E-state index in [2.05, 4.69) is 10.6 Å². The van der Waals surface area contributed by atoms with E-state index < -0.39 is 0 Å². The van der Waals surface area contributed by atoms with E-state index in [9.17, 15) is 4.79 Å². The summed E-state index contributed by atoms with van der Waals surface area (Å²) in [5.74, 6) is 3.30. The fraction of sp³-hybridized carbons (Fsp3) is 0.462. The number of hydrogen-bond acceptors (Lipinski definition) is 5. The Morgan fingerprint density at radius 2 is 2.10 bits per heavy atom. The summed E-state index contributed by atoms with van der Waals surface area (Å²) in [6.45, 7) is 0.964. The molecule has 2 N–H and O–H groups in total. The van der Waals surface area contributed by atoms with Gasteiger partial charge in [-0.15, -0.1) is 24.2 Å². The van der Waals surface area contributed by atoms with E-state index in [0.29, 0.717) is 13.2 Å². The maximum absolute atomic E-state index is 11.7. The number of benzene rings is 1. The molecular weight excluding hydrogens is 300 g/mol. The van der Waals surface area contributed by atoms with Gasteiger partial charge in [0.15, 0.2) is 0 Å². The average molecular weight is 319 g/mol. The predicted octanol–water partition coefficient (Wildman–Crippen LogP) is 1.27. The molecule has 0 spiro atoms. The SMILES string of the molecule is COc1ccc(OCCNC(=O)C2CSCN2)cc1.Cl. The number of hydrogen-bond donors (Lipinski definition) is 2. The van der Waals surface area contributed by atoms with Crippen molar-refractivity contribution < 1.29 is 14.3 Å². The highest BCUT2D eigenvalue weighted by Gasteiger charge is 2.21. The molecule has 0 saturated carbocycles. The highest BCUT2D eigenvalue weighted by molar-refractivity contribution is 7.99. The third-order valence-corrected chi connectivity index (χ3v) is 3.70. The van der Waals surface area contributed by atoms with Crippen LogP contribution in [0.25, 0.3) is 0 Å². The number of halogens is 1. The fourth-order valence-electron chi connectivity index (χ4n) is 1.70. The van der Waals surface area contributed by atoms with E-state index >= 15 is 0 Å². The second-order valence-corrected chi connectivity index (χ2v) is 5.12. The molecule has 1 atom stereocenters. The van der Waals surface area contributed by atoms with Crippen LogP contribution in [0.3, 0.4) is 0 Å². The molecule has 1 fully saturated rings. The summed E-state index contributed by atoms with van der Waals surface area (Å²) in [5.41, 5.74) is 0. The van der Waals surface area contributed by atoms with Gasteiger partial charge in [0.05, 0.1) is 19.7 Å². The lowest BCUT2D eigenvalue weighted by molar-refractivity contribution is -0.122. The van der Waals surface area contributed by atoms with E-state index in [1.807, 2.05) is 24.3 Å². The largest absolute Gasteiger partial charge is 0.497 e. The van der Waals surface area contributed by atoms with Crippen LogP contribution >= 0.6 is 24.2 Å². The van der Waals surface area contributed by atoms with Crippen molar-refractivity contribution in [3.05, 3.63) is 24.3 Å². The van der Waals surface area contributed by atoms with Crippen LogP contribution in [0.1, 0.15) is 0 Å². The zero-order valence-electron chi connectivity index (χ0n) is 11.3. The molecule has 1 aliphatic rings. The summed E-state index contributed by atoms with van der Waals surface area (Å²) in [7, 11) is 1.63. The van der Waals surface area contributed by atoms with Gasteiger partial charge in [-0.1, -0.05) is 0 Å². The van der Waals surface area contributed by atoms with Crippen molar-refractivity contribution >= 4 is 30.1 Å². The molecule has 1 aromatic carbocycles. The maximum Gasteiger partial charge on any atom is 0.238 e. The van der Waals surface area contributed by atoms with Crippen molar-refractivity contribution in [2.24, 2.45) is 0 Å². The summed E-state index contributed by atoms with van der Waals surface area (Å²) in [4.78, 5) is 11.7. The molecule has 0 radical (unpaired) electrons. The first kappa shape index (κ1) is 16.9. The zero-order valence-corrected chi connectivity index (χ0v) is 12.9. The molecule has 1 amide bonds. The van der Waals surface area contributed by atoms with Gasteiger partial charge in [-0.3, -0.25) is 10.1 Å². The summed E-state index contributed by atoms with van der Waals surface area (Å²) >= 11 is 1.73. The van der Waals surface area contributed by atoms with Crippen LogP contribution in [0.15, 0.2) is 24.3 Å². The van der Waals surface area contributed by atoms with Crippen LogP contribution < -0.4 is 20.1 Å². The minimum Gasteiger partial charge on any atom is -0.497 e. The fourth-order valence-corrected chi connectivity index (χ4v) is 2.64. The van der Waals surface area contributed by atoms with Gasteiger partial charge in [-0.25, -0.2) is 0 Å². The highest BCUT2D eigenvalue weighted by atomic mass is 35.5. The monoisotopic (exact) mass is 318 g/mol. The van der Waals surface area contributed by atoms with Gasteiger partial charge in [0, 0.05) is 11.6 Å². The molecule has 1 aliphatic heterocycles. The lowest BCUT2D eigenvalue weighted by atomic mass is 10.3. The third kappa shape index (κ3) is 5.11. The molecular formula is C13H19ClN2O3S. The van der Waals surface area contributed by atoms with Crippen LogP contribution in [-0.2, 0) is 4.79 Å². The number of amides is 1. The van der Waals surface area contributed by atoms with Gasteiger partial charge in [0.1, 0.15) is 18.1 Å². The number of carbonyl (C=O) groups is 1. The quantitative estimate of drug-likeness (QED) is 0.774. The summed E-state index contributed by atoms with van der Waals surface area (Å²) in [6.07, 6.45) is 0. The Morgan fingerprint density at radius 3 is 2.70 bits per heavy atom. The number of rotatable bonds is 6. The van der Waals surface area contributed by atoms with Gasteiger partial charge < -0.3 is 14.8 Å². The Bertz CT molecular complexity index is 411. The zero-order chi connectivity index (χ0) is 13.5. The Labute approximate surface area is 129 Å². The first-order chi connectivity index (χ1) is 9.29. The molecule has 112 valence electrons. The van der Waals surface area contributed by atoms with Gasteiger partial charge in [-0.2, -0.15) is 0 Å². The van der Waals surface area contributed by atoms with E-state index in [0.717, 1.165) is 23.1 Å². The first-order valence-corrected chi connectivity index (χ1v) is 7.31. The normalized spacial score (nSPS) is 17.1. The van der Waals surface area contributed by atoms with E-state index in [1.54, 1.807) is 18.9 Å². The average Bonchev–Trinajstić information content (AvgIpc) is 2.98. The van der Waals surface area contributed by atoms with Crippen LogP contribution in [0.4, 0.5) is 0 Å². The molecule has 2 rings (SSSR count). The molecule has 5 nitrogen and oxygen atoms in total. The minimum absolute atomic E-state index is 0. The molecule has 20 heavy (non-hydrogen) atoms. The van der Waals surface area contributed by atoms with Gasteiger partial charge >= 0.3 is 0 Å². The molecule has 1 heterocycles. The Balaban J connectivity index is 0.00000200. The van der Waals surface area contributed by atoms with E-state index in [-0.39, 0.29) is 24.4 Å². The topological polar surface area (TPSA) is 59.6 Å². The van der Waals surface area contributed by atoms with Crippen molar-refractivity contribution in [3.63, 3.8) is 0 Å². The van der Waals surface area contributed by atoms with Crippen molar-refractivity contribution in [2.45, 2.75) is 6.04 Å². The second kappa shape index (κ2) is 8.94. The lowest BCUT2D eigenvalue weighted by Crippen LogP contribution is -2.43. The van der Waals surface area contributed by atoms with Crippen molar-refractivity contribution in [1.29, 1.82) is 0 Å². The Hall–Kier alpha value is -1.11. The van der Waals surface area contributed by atoms with Gasteiger partial charge in [0.2, 0.25) is 5.91 Å². The minimum atomic E-state index is -0.0639. The lowest BCUT2D eigenvalue weighted by Gasteiger charge is -2.11. The standard InChI is InChI=1S/C13H18N2O3S.ClH/c1-17-10-2-4-11(5-3-10)18-7-6-14-13(16)12-8-19-9-15-12;/h2-5,12,15H,6-9H2,1H3,(H,14,16);1H. The van der Waals surface area contributed by atoms with Crippen LogP contribution in [-0.4, -0.2) is 43.8 Å². The van der Waals surface area contributed by atoms with Crippen molar-refractivity contribution in [3.8, 4) is 11.5 Å². The molecule has 1 aromatic rings. The van der Waals surface area contributed by atoms with Crippen molar-refractivity contribution in [2.75, 3.05) is 31.9 Å². The second-order valence-electron chi connectivity index (χ2n) is 4.09. The Kier molecular flexibility index (Phi) is 7.58. The van der Waals surface area contributed by atoms with E-state index in [1.165, 1.54) is 0 Å².